The summed E-state index contributed by atoms with van der Waals surface area (Å²) in [4.78, 5) is 37.6. The minimum absolute atomic E-state index is 0.124. The Labute approximate surface area is 153 Å². The third kappa shape index (κ3) is 2.63. The average molecular weight is 387 g/mol. The van der Waals surface area contributed by atoms with E-state index in [1.807, 2.05) is 0 Å². The zero-order valence-corrected chi connectivity index (χ0v) is 15.3. The molecule has 2 fully saturated rings. The van der Waals surface area contributed by atoms with Crippen LogP contribution in [0.2, 0.25) is 0 Å². The van der Waals surface area contributed by atoms with Gasteiger partial charge in [0.1, 0.15) is 5.70 Å². The number of hydrogen-bond donors (Lipinski definition) is 3. The minimum Gasteiger partial charge on any atom is -0.477 e. The van der Waals surface area contributed by atoms with Crippen LogP contribution in [0.25, 0.3) is 0 Å². The number of methoxy groups -OCH3 is 1. The first kappa shape index (κ1) is 19.2. The number of carboxylic acid groups (broad SMARTS) is 1. The molecule has 144 valence electrons. The summed E-state index contributed by atoms with van der Waals surface area (Å²) in [5, 5.41) is 28.3. The van der Waals surface area contributed by atoms with E-state index < -0.39 is 53.4 Å². The lowest BCUT2D eigenvalue weighted by molar-refractivity contribution is -0.183. The van der Waals surface area contributed by atoms with Crippen molar-refractivity contribution in [3.63, 3.8) is 0 Å². The summed E-state index contributed by atoms with van der Waals surface area (Å²) in [5.74, 6) is -3.23. The van der Waals surface area contributed by atoms with Crippen molar-refractivity contribution >= 4 is 29.6 Å². The van der Waals surface area contributed by atoms with Crippen LogP contribution < -0.4 is 0 Å². The van der Waals surface area contributed by atoms with Gasteiger partial charge in [-0.2, -0.15) is 0 Å². The van der Waals surface area contributed by atoms with Crippen molar-refractivity contribution in [1.29, 1.82) is 0 Å². The predicted octanol–water partition coefficient (Wildman–Crippen LogP) is -0.825. The van der Waals surface area contributed by atoms with Crippen LogP contribution in [0.1, 0.15) is 13.8 Å². The molecule has 3 N–H and O–H groups in total. The van der Waals surface area contributed by atoms with Gasteiger partial charge in [0.25, 0.3) is 0 Å². The standard InChI is InChI=1S/C16H21NO8S/c1-5-9-8(6(2)19)14(20)17(9)10(15(21)22)12(5)26-13-7(4-18)25-11(13)16(23)24-3/h5-9,11,13,18-19H,4H2,1-3H3,(H,21,22)/t5-,6-,7-,8-,9-,11+,13-/m1/s1. The van der Waals surface area contributed by atoms with Gasteiger partial charge in [-0.15, -0.1) is 11.8 Å². The van der Waals surface area contributed by atoms with E-state index in [2.05, 4.69) is 4.74 Å². The number of aliphatic hydroxyl groups is 2. The lowest BCUT2D eigenvalue weighted by Crippen LogP contribution is -2.63. The van der Waals surface area contributed by atoms with E-state index >= 15 is 0 Å². The second-order valence-electron chi connectivity index (χ2n) is 6.66. The monoisotopic (exact) mass is 387 g/mol. The van der Waals surface area contributed by atoms with Gasteiger partial charge in [0.15, 0.2) is 6.10 Å². The largest absolute Gasteiger partial charge is 0.477 e. The Hall–Kier alpha value is -1.62. The molecule has 3 aliphatic rings. The molecule has 26 heavy (non-hydrogen) atoms. The average Bonchev–Trinajstić information content (AvgIpc) is 2.80. The number of ether oxygens (including phenoxy) is 2. The fourth-order valence-corrected chi connectivity index (χ4v) is 5.41. The first-order valence-electron chi connectivity index (χ1n) is 8.24. The van der Waals surface area contributed by atoms with Crippen LogP contribution in [0.5, 0.6) is 0 Å². The third-order valence-electron chi connectivity index (χ3n) is 5.17. The highest BCUT2D eigenvalue weighted by Gasteiger charge is 2.61. The number of β-lactam (4-membered cyclic amide) rings is 1. The molecule has 3 aliphatic heterocycles. The van der Waals surface area contributed by atoms with Crippen LogP contribution in [0, 0.1) is 11.8 Å². The molecule has 0 aromatic rings. The number of carbonyl (C=O) groups excluding carboxylic acids is 2. The van der Waals surface area contributed by atoms with Crippen molar-refractivity contribution in [2.45, 2.75) is 43.5 Å². The molecule has 9 nitrogen and oxygen atoms in total. The molecule has 0 saturated carbocycles. The maximum Gasteiger partial charge on any atom is 0.353 e. The number of esters is 1. The molecule has 0 aliphatic carbocycles. The molecule has 1 amide bonds. The van der Waals surface area contributed by atoms with Gasteiger partial charge in [0.05, 0.1) is 43.1 Å². The van der Waals surface area contributed by atoms with Gasteiger partial charge >= 0.3 is 11.9 Å². The molecule has 0 aromatic carbocycles. The van der Waals surface area contributed by atoms with Crippen molar-refractivity contribution in [2.24, 2.45) is 11.8 Å². The number of thioether (sulfide) groups is 1. The SMILES string of the molecule is COC(=O)[C@H]1O[C@H](CO)[C@H]1SC1=C(C(=O)O)N2C(=O)[C@H]([C@@H](C)O)[C@H]2[C@H]1C. The molecule has 0 unspecified atom stereocenters. The topological polar surface area (TPSA) is 134 Å². The zero-order chi connectivity index (χ0) is 19.3. The van der Waals surface area contributed by atoms with Crippen molar-refractivity contribution < 1.29 is 39.2 Å². The van der Waals surface area contributed by atoms with Gasteiger partial charge in [-0.1, -0.05) is 6.92 Å². The van der Waals surface area contributed by atoms with Crippen molar-refractivity contribution in [1.82, 2.24) is 4.90 Å². The van der Waals surface area contributed by atoms with Crippen LogP contribution >= 0.6 is 11.8 Å². The maximum absolute atomic E-state index is 12.3. The smallest absolute Gasteiger partial charge is 0.353 e. The Morgan fingerprint density at radius 3 is 2.58 bits per heavy atom. The number of aliphatic carboxylic acids is 1. The summed E-state index contributed by atoms with van der Waals surface area (Å²) < 4.78 is 9.98. The van der Waals surface area contributed by atoms with Crippen LogP contribution in [0.4, 0.5) is 0 Å². The number of hydrogen-bond acceptors (Lipinski definition) is 8. The van der Waals surface area contributed by atoms with E-state index in [1.54, 1.807) is 6.92 Å². The first-order chi connectivity index (χ1) is 12.2. The number of aliphatic hydroxyl groups excluding tert-OH is 2. The number of carbonyl (C=O) groups is 3. The first-order valence-corrected chi connectivity index (χ1v) is 9.11. The van der Waals surface area contributed by atoms with Crippen LogP contribution in [-0.2, 0) is 23.9 Å². The fraction of sp³-hybridized carbons (Fsp3) is 0.688. The maximum atomic E-state index is 12.3. The molecular weight excluding hydrogens is 366 g/mol. The van der Waals surface area contributed by atoms with E-state index in [0.717, 1.165) is 11.8 Å². The number of carboxylic acids is 1. The highest BCUT2D eigenvalue weighted by molar-refractivity contribution is 8.03. The van der Waals surface area contributed by atoms with E-state index in [4.69, 9.17) is 4.74 Å². The second-order valence-corrected chi connectivity index (χ2v) is 7.88. The Morgan fingerprint density at radius 1 is 1.42 bits per heavy atom. The number of rotatable bonds is 6. The minimum atomic E-state index is -1.24. The van der Waals surface area contributed by atoms with E-state index in [-0.39, 0.29) is 18.2 Å². The second kappa shape index (κ2) is 6.84. The zero-order valence-electron chi connectivity index (χ0n) is 14.5. The van der Waals surface area contributed by atoms with Crippen molar-refractivity contribution in [2.75, 3.05) is 13.7 Å². The third-order valence-corrected chi connectivity index (χ3v) is 6.82. The normalized spacial score (nSPS) is 37.0. The highest BCUT2D eigenvalue weighted by atomic mass is 32.2. The number of nitrogens with zero attached hydrogens (tertiary/aromatic N) is 1. The molecular formula is C16H21NO8S. The van der Waals surface area contributed by atoms with E-state index in [1.165, 1.54) is 18.9 Å². The molecule has 10 heteroatoms. The van der Waals surface area contributed by atoms with Gasteiger partial charge in [-0.25, -0.2) is 9.59 Å². The van der Waals surface area contributed by atoms with Gasteiger partial charge < -0.3 is 29.7 Å². The molecule has 2 saturated heterocycles. The van der Waals surface area contributed by atoms with Gasteiger partial charge in [-0.05, 0) is 6.92 Å². The number of amides is 1. The van der Waals surface area contributed by atoms with Crippen LogP contribution in [0.15, 0.2) is 10.6 Å². The summed E-state index contributed by atoms with van der Waals surface area (Å²) in [5.41, 5.74) is -0.124. The van der Waals surface area contributed by atoms with Crippen molar-refractivity contribution in [3.8, 4) is 0 Å². The van der Waals surface area contributed by atoms with Gasteiger partial charge in [0, 0.05) is 10.8 Å². The van der Waals surface area contributed by atoms with Crippen LogP contribution in [-0.4, -0.2) is 81.4 Å². The summed E-state index contributed by atoms with van der Waals surface area (Å²) in [6, 6.07) is -0.429. The lowest BCUT2D eigenvalue weighted by atomic mass is 9.79. The highest BCUT2D eigenvalue weighted by Crippen LogP contribution is 2.53. The molecule has 0 radical (unpaired) electrons. The Morgan fingerprint density at radius 2 is 2.08 bits per heavy atom. The van der Waals surface area contributed by atoms with Crippen LogP contribution in [0.3, 0.4) is 0 Å². The molecule has 0 bridgehead atoms. The molecule has 3 rings (SSSR count). The summed E-state index contributed by atoms with van der Waals surface area (Å²) in [7, 11) is 1.22. The fourth-order valence-electron chi connectivity index (χ4n) is 3.86. The molecule has 0 aromatic heterocycles. The molecule has 0 spiro atoms. The Kier molecular flexibility index (Phi) is 5.04. The molecule has 3 heterocycles. The van der Waals surface area contributed by atoms with Crippen molar-refractivity contribution in [3.05, 3.63) is 10.6 Å². The predicted molar refractivity (Wildman–Crippen MR) is 88.8 cm³/mol. The molecule has 7 atom stereocenters. The van der Waals surface area contributed by atoms with Gasteiger partial charge in [0.2, 0.25) is 5.91 Å². The van der Waals surface area contributed by atoms with Gasteiger partial charge in [-0.3, -0.25) is 4.79 Å². The Bertz CT molecular complexity index is 677. The summed E-state index contributed by atoms with van der Waals surface area (Å²) in [6.07, 6.45) is -2.42. The summed E-state index contributed by atoms with van der Waals surface area (Å²) >= 11 is 1.12. The lowest BCUT2D eigenvalue weighted by Gasteiger charge is -2.46. The quantitative estimate of drug-likeness (QED) is 0.394. The van der Waals surface area contributed by atoms with E-state index in [9.17, 15) is 29.7 Å². The van der Waals surface area contributed by atoms with E-state index in [0.29, 0.717) is 4.91 Å². The number of fused-ring (bicyclic) bond motifs is 1. The Balaban J connectivity index is 1.89. The summed E-state index contributed by atoms with van der Waals surface area (Å²) in [6.45, 7) is 2.98.